The maximum absolute atomic E-state index is 13.4. The molecule has 0 saturated carbocycles. The monoisotopic (exact) mass is 494 g/mol. The maximum atomic E-state index is 13.4. The van der Waals surface area contributed by atoms with Crippen LogP contribution in [0.2, 0.25) is 0 Å². The van der Waals surface area contributed by atoms with Crippen molar-refractivity contribution in [2.45, 2.75) is 56.8 Å². The van der Waals surface area contributed by atoms with Crippen molar-refractivity contribution < 1.29 is 9.59 Å². The largest absolute Gasteiger partial charge is 0.324 e. The van der Waals surface area contributed by atoms with E-state index in [0.29, 0.717) is 23.1 Å². The Hall–Kier alpha value is -2.91. The number of aromatic nitrogens is 2. The van der Waals surface area contributed by atoms with E-state index in [1.807, 2.05) is 25.1 Å². The van der Waals surface area contributed by atoms with E-state index < -0.39 is 0 Å². The minimum Gasteiger partial charge on any atom is -0.324 e. The second-order valence-corrected chi connectivity index (χ2v) is 10.7. The number of aryl methyl sites for hydroxylation is 2. The molecular formula is C25H26N4O3S2. The number of hydrogen-bond donors (Lipinski definition) is 1. The van der Waals surface area contributed by atoms with E-state index in [1.54, 1.807) is 32.9 Å². The third-order valence-corrected chi connectivity index (χ3v) is 8.45. The van der Waals surface area contributed by atoms with Gasteiger partial charge in [-0.2, -0.15) is 0 Å². The number of carbonyl (C=O) groups is 2. The first-order chi connectivity index (χ1) is 16.5. The molecule has 2 aliphatic rings. The zero-order valence-corrected chi connectivity index (χ0v) is 20.6. The summed E-state index contributed by atoms with van der Waals surface area (Å²) in [4.78, 5) is 47.6. The molecule has 2 amide bonds. The number of anilines is 2. The summed E-state index contributed by atoms with van der Waals surface area (Å²) in [5.41, 5.74) is 2.41. The van der Waals surface area contributed by atoms with Gasteiger partial charge < -0.3 is 10.2 Å². The Labute approximate surface area is 205 Å². The van der Waals surface area contributed by atoms with E-state index in [9.17, 15) is 14.4 Å². The van der Waals surface area contributed by atoms with Gasteiger partial charge in [0.1, 0.15) is 4.83 Å². The summed E-state index contributed by atoms with van der Waals surface area (Å²) in [5, 5.41) is 4.14. The summed E-state index contributed by atoms with van der Waals surface area (Å²) in [5.74, 6) is -0.143. The second-order valence-electron chi connectivity index (χ2n) is 8.66. The Kier molecular flexibility index (Phi) is 6.31. The fourth-order valence-electron chi connectivity index (χ4n) is 4.78. The van der Waals surface area contributed by atoms with Crippen LogP contribution in [0.5, 0.6) is 0 Å². The van der Waals surface area contributed by atoms with Gasteiger partial charge in [-0.3, -0.25) is 19.0 Å². The fraction of sp³-hybridized carbons (Fsp3) is 0.360. The van der Waals surface area contributed by atoms with E-state index in [2.05, 4.69) is 11.9 Å². The molecule has 3 heterocycles. The van der Waals surface area contributed by atoms with Gasteiger partial charge in [-0.25, -0.2) is 4.98 Å². The van der Waals surface area contributed by atoms with Crippen LogP contribution in [0.1, 0.15) is 36.6 Å². The summed E-state index contributed by atoms with van der Waals surface area (Å²) in [7, 11) is 0. The molecule has 1 aliphatic heterocycles. The van der Waals surface area contributed by atoms with E-state index in [1.165, 1.54) is 16.6 Å². The number of nitrogens with one attached hydrogen (secondary N) is 1. The molecule has 1 unspecified atom stereocenters. The van der Waals surface area contributed by atoms with Crippen LogP contribution < -0.4 is 15.8 Å². The Morgan fingerprint density at radius 1 is 1.29 bits per heavy atom. The molecule has 1 atom stereocenters. The number of carbonyl (C=O) groups excluding carboxylic acids is 2. The Morgan fingerprint density at radius 2 is 2.09 bits per heavy atom. The lowest BCUT2D eigenvalue weighted by molar-refractivity contribution is -0.117. The number of nitrogens with zero attached hydrogens (tertiary/aromatic N) is 3. The third-order valence-electron chi connectivity index (χ3n) is 6.30. The molecule has 0 spiro atoms. The van der Waals surface area contributed by atoms with Gasteiger partial charge in [-0.1, -0.05) is 30.0 Å². The molecule has 34 heavy (non-hydrogen) atoms. The van der Waals surface area contributed by atoms with Crippen molar-refractivity contribution in [3.05, 3.63) is 57.7 Å². The molecule has 2 aromatic heterocycles. The van der Waals surface area contributed by atoms with Gasteiger partial charge >= 0.3 is 0 Å². The molecule has 9 heteroatoms. The number of benzene rings is 1. The SMILES string of the molecule is C=CCn1c(SCC(=O)N2c3ccccc3NC(=O)CC2C)nc2sc3c(c2c1=O)CCCC3. The van der Waals surface area contributed by atoms with E-state index in [4.69, 9.17) is 4.98 Å². The standard InChI is InChI=1S/C25H26N4O3S2/c1-3-12-28-24(32)22-16-8-4-7-11-19(16)34-23(22)27-25(28)33-14-21(31)29-15(2)13-20(30)26-17-9-5-6-10-18(17)29/h3,5-6,9-10,15H,1,4,7-8,11-14H2,2H3,(H,26,30). The minimum atomic E-state index is -0.286. The number of para-hydroxylation sites is 2. The van der Waals surface area contributed by atoms with Gasteiger partial charge in [-0.15, -0.1) is 17.9 Å². The van der Waals surface area contributed by atoms with Gasteiger partial charge in [0.05, 0.1) is 22.5 Å². The van der Waals surface area contributed by atoms with Gasteiger partial charge in [0.15, 0.2) is 5.16 Å². The van der Waals surface area contributed by atoms with Crippen molar-refractivity contribution in [3.63, 3.8) is 0 Å². The van der Waals surface area contributed by atoms with Crippen molar-refractivity contribution >= 4 is 56.5 Å². The molecule has 3 aromatic rings. The van der Waals surface area contributed by atoms with Crippen LogP contribution in [-0.4, -0.2) is 33.2 Å². The predicted octanol–water partition coefficient (Wildman–Crippen LogP) is 4.38. The smallest absolute Gasteiger partial charge is 0.263 e. The summed E-state index contributed by atoms with van der Waals surface area (Å²) < 4.78 is 1.62. The van der Waals surface area contributed by atoms with Crippen LogP contribution in [0.15, 0.2) is 46.9 Å². The lowest BCUT2D eigenvalue weighted by Gasteiger charge is -2.27. The highest BCUT2D eigenvalue weighted by atomic mass is 32.2. The average Bonchev–Trinajstić information content (AvgIpc) is 3.13. The first-order valence-electron chi connectivity index (χ1n) is 11.5. The van der Waals surface area contributed by atoms with Crippen LogP contribution in [0.4, 0.5) is 11.4 Å². The van der Waals surface area contributed by atoms with Crippen molar-refractivity contribution in [2.24, 2.45) is 0 Å². The molecular weight excluding hydrogens is 468 g/mol. The van der Waals surface area contributed by atoms with Crippen LogP contribution in [0, 0.1) is 0 Å². The van der Waals surface area contributed by atoms with Crippen LogP contribution >= 0.6 is 23.1 Å². The number of thioether (sulfide) groups is 1. The zero-order chi connectivity index (χ0) is 23.8. The van der Waals surface area contributed by atoms with Crippen molar-refractivity contribution in [2.75, 3.05) is 16.0 Å². The minimum absolute atomic E-state index is 0.0532. The second kappa shape index (κ2) is 9.38. The van der Waals surface area contributed by atoms with Crippen LogP contribution in [-0.2, 0) is 29.0 Å². The van der Waals surface area contributed by atoms with Crippen LogP contribution in [0.3, 0.4) is 0 Å². The molecule has 1 N–H and O–H groups in total. The highest BCUT2D eigenvalue weighted by Crippen LogP contribution is 2.35. The van der Waals surface area contributed by atoms with Crippen molar-refractivity contribution in [1.82, 2.24) is 9.55 Å². The predicted molar refractivity (Wildman–Crippen MR) is 138 cm³/mol. The molecule has 1 aromatic carbocycles. The van der Waals surface area contributed by atoms with E-state index in [0.717, 1.165) is 41.5 Å². The fourth-order valence-corrected chi connectivity index (χ4v) is 6.95. The number of thiophene rings is 1. The van der Waals surface area contributed by atoms with E-state index in [-0.39, 0.29) is 35.6 Å². The highest BCUT2D eigenvalue weighted by molar-refractivity contribution is 7.99. The maximum Gasteiger partial charge on any atom is 0.263 e. The van der Waals surface area contributed by atoms with Gasteiger partial charge in [0, 0.05) is 23.9 Å². The molecule has 0 radical (unpaired) electrons. The summed E-state index contributed by atoms with van der Waals surface area (Å²) in [6.45, 7) is 6.02. The molecule has 176 valence electrons. The van der Waals surface area contributed by atoms with Crippen molar-refractivity contribution in [3.8, 4) is 0 Å². The first-order valence-corrected chi connectivity index (χ1v) is 13.3. The number of rotatable bonds is 5. The first kappa shape index (κ1) is 22.9. The number of hydrogen-bond acceptors (Lipinski definition) is 6. The quantitative estimate of drug-likeness (QED) is 0.323. The molecule has 1 aliphatic carbocycles. The van der Waals surface area contributed by atoms with Crippen molar-refractivity contribution in [1.29, 1.82) is 0 Å². The molecule has 0 bridgehead atoms. The Balaban J connectivity index is 1.47. The Morgan fingerprint density at radius 3 is 2.91 bits per heavy atom. The lowest BCUT2D eigenvalue weighted by Crippen LogP contribution is -2.40. The highest BCUT2D eigenvalue weighted by Gasteiger charge is 2.30. The normalized spacial score (nSPS) is 17.6. The van der Waals surface area contributed by atoms with E-state index >= 15 is 0 Å². The number of allylic oxidation sites excluding steroid dienone is 1. The van der Waals surface area contributed by atoms with Gasteiger partial charge in [-0.05, 0) is 50.3 Å². The summed E-state index contributed by atoms with van der Waals surface area (Å²) in [6.07, 6.45) is 6.06. The van der Waals surface area contributed by atoms with Crippen LogP contribution in [0.25, 0.3) is 10.2 Å². The summed E-state index contributed by atoms with van der Waals surface area (Å²) >= 11 is 2.87. The average molecular weight is 495 g/mol. The number of fused-ring (bicyclic) bond motifs is 4. The third kappa shape index (κ3) is 4.07. The topological polar surface area (TPSA) is 84.3 Å². The molecule has 0 saturated heterocycles. The van der Waals surface area contributed by atoms with Gasteiger partial charge in [0.2, 0.25) is 11.8 Å². The Bertz CT molecular complexity index is 1360. The lowest BCUT2D eigenvalue weighted by atomic mass is 9.97. The summed E-state index contributed by atoms with van der Waals surface area (Å²) in [6, 6.07) is 7.04. The molecule has 0 fully saturated rings. The molecule has 5 rings (SSSR count). The zero-order valence-electron chi connectivity index (χ0n) is 19.0. The molecule has 7 nitrogen and oxygen atoms in total. The number of amides is 2. The van der Waals surface area contributed by atoms with Gasteiger partial charge in [0.25, 0.3) is 5.56 Å².